The fraction of sp³-hybridized carbons (Fsp3) is 0.619. The lowest BCUT2D eigenvalue weighted by Gasteiger charge is -2.30. The van der Waals surface area contributed by atoms with Crippen LogP contribution in [0, 0.1) is 5.92 Å². The molecule has 0 radical (unpaired) electrons. The van der Waals surface area contributed by atoms with Gasteiger partial charge in [0.25, 0.3) is 0 Å². The predicted octanol–water partition coefficient (Wildman–Crippen LogP) is 7.17. The van der Waals surface area contributed by atoms with Gasteiger partial charge in [0.2, 0.25) is 0 Å². The van der Waals surface area contributed by atoms with Gasteiger partial charge in [-0.2, -0.15) is 0 Å². The Bertz CT molecular complexity index is 413. The third kappa shape index (κ3) is 8.08. The summed E-state index contributed by atoms with van der Waals surface area (Å²) in [7, 11) is 0. The summed E-state index contributed by atoms with van der Waals surface area (Å²) >= 11 is 1.87. The maximum absolute atomic E-state index is 3.69. The van der Waals surface area contributed by atoms with Crippen molar-refractivity contribution in [2.45, 2.75) is 79.0 Å². The largest absolute Gasteiger partial charge is 0.256 e. The van der Waals surface area contributed by atoms with E-state index in [0.29, 0.717) is 11.3 Å². The summed E-state index contributed by atoms with van der Waals surface area (Å²) in [6.45, 7) is 14.8. The minimum Gasteiger partial charge on any atom is -0.256 e. The first-order chi connectivity index (χ1) is 11.2. The van der Waals surface area contributed by atoms with Crippen molar-refractivity contribution >= 4 is 11.9 Å². The van der Waals surface area contributed by atoms with E-state index in [0.717, 1.165) is 5.92 Å². The molecular formula is C21H37NS. The van der Waals surface area contributed by atoms with Crippen LogP contribution in [0.4, 0.5) is 0 Å². The third-order valence-electron chi connectivity index (χ3n) is 4.01. The fourth-order valence-electron chi connectivity index (χ4n) is 2.71. The second kappa shape index (κ2) is 13.7. The van der Waals surface area contributed by atoms with Crippen molar-refractivity contribution in [2.75, 3.05) is 0 Å². The molecule has 3 unspecified atom stereocenters. The number of hydrogen-bond donors (Lipinski definition) is 1. The minimum atomic E-state index is 0.499. The fourth-order valence-corrected chi connectivity index (χ4v) is 3.64. The molecule has 1 aliphatic rings. The molecule has 0 amide bonds. The van der Waals surface area contributed by atoms with E-state index >= 15 is 0 Å². The van der Waals surface area contributed by atoms with E-state index < -0.39 is 0 Å². The maximum atomic E-state index is 3.69. The molecule has 132 valence electrons. The van der Waals surface area contributed by atoms with Crippen LogP contribution in [0.1, 0.15) is 78.5 Å². The summed E-state index contributed by atoms with van der Waals surface area (Å²) in [5.74, 6) is 0.848. The molecule has 3 atom stereocenters. The Morgan fingerprint density at radius 1 is 1.09 bits per heavy atom. The molecular weight excluding hydrogens is 298 g/mol. The van der Waals surface area contributed by atoms with E-state index in [1.165, 1.54) is 24.8 Å². The molecule has 0 aromatic heterocycles. The van der Waals surface area contributed by atoms with Crippen molar-refractivity contribution in [2.24, 2.45) is 5.92 Å². The summed E-state index contributed by atoms with van der Waals surface area (Å²) < 4.78 is 3.69. The number of rotatable bonds is 4. The quantitative estimate of drug-likeness (QED) is 0.462. The van der Waals surface area contributed by atoms with Gasteiger partial charge in [0, 0.05) is 11.3 Å². The average Bonchev–Trinajstić information content (AvgIpc) is 2.64. The van der Waals surface area contributed by atoms with Crippen molar-refractivity contribution in [3.05, 3.63) is 47.5 Å². The lowest BCUT2D eigenvalue weighted by atomic mass is 9.83. The normalized spacial score (nSPS) is 23.2. The standard InChI is InChI=1S/C17H25NS.2C2H6/c1-4-15-12-13(2)10-11-17(15)18-19-14(3)16-8-6-5-7-9-16;2*1-2/h4-9,13-14,17-18H,10-12H2,1-3H3;2*1-2H3/b15-4+;;. The predicted molar refractivity (Wildman–Crippen MR) is 109 cm³/mol. The van der Waals surface area contributed by atoms with Crippen LogP contribution in [0.25, 0.3) is 0 Å². The highest BCUT2D eigenvalue weighted by atomic mass is 32.2. The van der Waals surface area contributed by atoms with Crippen LogP contribution in [-0.4, -0.2) is 6.04 Å². The molecule has 23 heavy (non-hydrogen) atoms. The minimum absolute atomic E-state index is 0.499. The highest BCUT2D eigenvalue weighted by molar-refractivity contribution is 7.97. The van der Waals surface area contributed by atoms with Gasteiger partial charge in [-0.3, -0.25) is 4.72 Å². The molecule has 1 N–H and O–H groups in total. The molecule has 1 aromatic rings. The Hall–Kier alpha value is -0.730. The van der Waals surface area contributed by atoms with Gasteiger partial charge in [-0.25, -0.2) is 0 Å². The second-order valence-corrected chi connectivity index (χ2v) is 6.77. The van der Waals surface area contributed by atoms with Gasteiger partial charge in [0.1, 0.15) is 0 Å². The van der Waals surface area contributed by atoms with Crippen LogP contribution >= 0.6 is 11.9 Å². The van der Waals surface area contributed by atoms with Crippen LogP contribution in [0.5, 0.6) is 0 Å². The molecule has 1 saturated carbocycles. The smallest absolute Gasteiger partial charge is 0.0414 e. The highest BCUT2D eigenvalue weighted by Crippen LogP contribution is 2.32. The van der Waals surface area contributed by atoms with Crippen molar-refractivity contribution in [1.29, 1.82) is 0 Å². The third-order valence-corrected chi connectivity index (χ3v) is 5.05. The first-order valence-corrected chi connectivity index (χ1v) is 10.2. The number of benzene rings is 1. The maximum Gasteiger partial charge on any atom is 0.0414 e. The second-order valence-electron chi connectivity index (χ2n) is 5.59. The van der Waals surface area contributed by atoms with Crippen LogP contribution in [0.15, 0.2) is 42.0 Å². The molecule has 1 fully saturated rings. The summed E-state index contributed by atoms with van der Waals surface area (Å²) in [4.78, 5) is 0. The molecule has 0 aliphatic heterocycles. The average molecular weight is 336 g/mol. The van der Waals surface area contributed by atoms with Gasteiger partial charge in [-0.1, -0.05) is 88.5 Å². The van der Waals surface area contributed by atoms with Crippen LogP contribution in [-0.2, 0) is 0 Å². The lowest BCUT2D eigenvalue weighted by Crippen LogP contribution is -2.31. The molecule has 2 heteroatoms. The molecule has 0 saturated heterocycles. The molecule has 2 rings (SSSR count). The zero-order valence-electron chi connectivity index (χ0n) is 16.2. The van der Waals surface area contributed by atoms with Crippen molar-refractivity contribution in [1.82, 2.24) is 4.72 Å². The number of hydrogen-bond acceptors (Lipinski definition) is 2. The zero-order chi connectivity index (χ0) is 17.7. The SMILES string of the molecule is C/C=C1\CC(C)CCC1NSC(C)c1ccccc1.CC.CC. The molecule has 1 nitrogen and oxygen atoms in total. The summed E-state index contributed by atoms with van der Waals surface area (Å²) in [6, 6.07) is 11.3. The molecule has 1 aliphatic carbocycles. The van der Waals surface area contributed by atoms with Crippen LogP contribution in [0.3, 0.4) is 0 Å². The molecule has 0 bridgehead atoms. The summed E-state index contributed by atoms with van der Waals surface area (Å²) in [5, 5.41) is 0.499. The zero-order valence-corrected chi connectivity index (χ0v) is 17.0. The van der Waals surface area contributed by atoms with Crippen LogP contribution in [0.2, 0.25) is 0 Å². The topological polar surface area (TPSA) is 12.0 Å². The monoisotopic (exact) mass is 335 g/mol. The van der Waals surface area contributed by atoms with Gasteiger partial charge in [-0.05, 0) is 44.6 Å². The lowest BCUT2D eigenvalue weighted by molar-refractivity contribution is 0.409. The molecule has 1 aromatic carbocycles. The number of allylic oxidation sites excluding steroid dienone is 1. The van der Waals surface area contributed by atoms with Gasteiger partial charge < -0.3 is 0 Å². The van der Waals surface area contributed by atoms with Crippen molar-refractivity contribution in [3.63, 3.8) is 0 Å². The Kier molecular flexibility index (Phi) is 13.3. The van der Waals surface area contributed by atoms with E-state index in [4.69, 9.17) is 0 Å². The Balaban J connectivity index is 0.00000112. The summed E-state index contributed by atoms with van der Waals surface area (Å²) in [5.41, 5.74) is 2.98. The number of nitrogens with one attached hydrogen (secondary N) is 1. The molecule has 0 spiro atoms. The first kappa shape index (κ1) is 22.3. The van der Waals surface area contributed by atoms with Gasteiger partial charge in [0.05, 0.1) is 0 Å². The summed E-state index contributed by atoms with van der Waals surface area (Å²) in [6.07, 6.45) is 6.18. The first-order valence-electron chi connectivity index (χ1n) is 9.32. The van der Waals surface area contributed by atoms with E-state index in [1.54, 1.807) is 5.57 Å². The van der Waals surface area contributed by atoms with E-state index in [2.05, 4.69) is 61.9 Å². The van der Waals surface area contributed by atoms with Gasteiger partial charge in [0.15, 0.2) is 0 Å². The Labute approximate surface area is 149 Å². The Morgan fingerprint density at radius 3 is 2.26 bits per heavy atom. The van der Waals surface area contributed by atoms with Crippen molar-refractivity contribution in [3.8, 4) is 0 Å². The van der Waals surface area contributed by atoms with E-state index in [1.807, 2.05) is 39.6 Å². The Morgan fingerprint density at radius 2 is 1.70 bits per heavy atom. The van der Waals surface area contributed by atoms with Crippen LogP contribution < -0.4 is 4.72 Å². The highest BCUT2D eigenvalue weighted by Gasteiger charge is 2.22. The molecule has 0 heterocycles. The van der Waals surface area contributed by atoms with Gasteiger partial charge in [-0.15, -0.1) is 0 Å². The van der Waals surface area contributed by atoms with Crippen molar-refractivity contribution < 1.29 is 0 Å². The van der Waals surface area contributed by atoms with Gasteiger partial charge >= 0.3 is 0 Å². The van der Waals surface area contributed by atoms with E-state index in [9.17, 15) is 0 Å². The van der Waals surface area contributed by atoms with E-state index in [-0.39, 0.29) is 0 Å².